The summed E-state index contributed by atoms with van der Waals surface area (Å²) in [5, 5.41) is 3.05. The van der Waals surface area contributed by atoms with Crippen LogP contribution >= 0.6 is 0 Å². The van der Waals surface area contributed by atoms with E-state index >= 15 is 0 Å². The molecule has 0 saturated heterocycles. The molecule has 0 fully saturated rings. The summed E-state index contributed by atoms with van der Waals surface area (Å²) in [7, 11) is 0. The minimum atomic E-state index is -0.515. The van der Waals surface area contributed by atoms with E-state index in [0.717, 1.165) is 30.8 Å². The zero-order chi connectivity index (χ0) is 19.9. The van der Waals surface area contributed by atoms with Crippen molar-refractivity contribution in [1.82, 2.24) is 15.1 Å². The van der Waals surface area contributed by atoms with Gasteiger partial charge in [-0.25, -0.2) is 0 Å². The molecule has 5 heteroatoms. The number of nitrogens with one attached hydrogen (secondary N) is 1. The van der Waals surface area contributed by atoms with Gasteiger partial charge in [-0.05, 0) is 30.3 Å². The molecule has 1 heterocycles. The van der Waals surface area contributed by atoms with Crippen molar-refractivity contribution >= 4 is 11.8 Å². The van der Waals surface area contributed by atoms with Gasteiger partial charge < -0.3 is 15.1 Å². The van der Waals surface area contributed by atoms with Crippen molar-refractivity contribution in [3.05, 3.63) is 71.3 Å². The van der Waals surface area contributed by atoms with Crippen LogP contribution in [-0.4, -0.2) is 53.8 Å². The van der Waals surface area contributed by atoms with E-state index in [1.54, 1.807) is 4.90 Å². The first-order chi connectivity index (χ1) is 13.6. The summed E-state index contributed by atoms with van der Waals surface area (Å²) >= 11 is 0. The first-order valence-corrected chi connectivity index (χ1v) is 10.1. The number of benzene rings is 2. The number of carbonyl (C=O) groups is 2. The standard InChI is InChI=1S/C23H29N3O2/c1-3-25(4-2)15-14-24-22(27)21(16-18-10-6-5-7-11-18)26-17-19-12-8-9-13-20(19)23(26)28/h5-13,21H,3-4,14-17H2,1-2H3,(H,24,27)/t21-/m0/s1. The molecular weight excluding hydrogens is 350 g/mol. The zero-order valence-electron chi connectivity index (χ0n) is 16.7. The van der Waals surface area contributed by atoms with E-state index in [9.17, 15) is 9.59 Å². The number of rotatable bonds is 9. The second kappa shape index (κ2) is 9.51. The summed E-state index contributed by atoms with van der Waals surface area (Å²) in [5.74, 6) is -0.146. The molecule has 28 heavy (non-hydrogen) atoms. The third-order valence-corrected chi connectivity index (χ3v) is 5.42. The summed E-state index contributed by atoms with van der Waals surface area (Å²) in [6.45, 7) is 8.02. The molecule has 0 bridgehead atoms. The van der Waals surface area contributed by atoms with Crippen LogP contribution in [-0.2, 0) is 17.8 Å². The molecule has 2 amide bonds. The Morgan fingerprint density at radius 3 is 2.43 bits per heavy atom. The molecule has 1 aliphatic rings. The monoisotopic (exact) mass is 379 g/mol. The number of amides is 2. The second-order valence-corrected chi connectivity index (χ2v) is 7.11. The molecule has 0 aliphatic carbocycles. The number of fused-ring (bicyclic) bond motifs is 1. The van der Waals surface area contributed by atoms with Crippen molar-refractivity contribution in [1.29, 1.82) is 0 Å². The highest BCUT2D eigenvalue weighted by molar-refractivity contribution is 6.01. The van der Waals surface area contributed by atoms with Crippen molar-refractivity contribution in [3.8, 4) is 0 Å². The minimum absolute atomic E-state index is 0.0598. The zero-order valence-corrected chi connectivity index (χ0v) is 16.7. The van der Waals surface area contributed by atoms with Crippen LogP contribution in [0.15, 0.2) is 54.6 Å². The minimum Gasteiger partial charge on any atom is -0.353 e. The van der Waals surface area contributed by atoms with Gasteiger partial charge in [0.15, 0.2) is 0 Å². The second-order valence-electron chi connectivity index (χ2n) is 7.11. The molecule has 2 aromatic carbocycles. The normalized spacial score (nSPS) is 14.2. The number of likely N-dealkylation sites (N-methyl/N-ethyl adjacent to an activating group) is 1. The summed E-state index contributed by atoms with van der Waals surface area (Å²) in [6.07, 6.45) is 0.512. The van der Waals surface area contributed by atoms with Crippen molar-refractivity contribution in [3.63, 3.8) is 0 Å². The third kappa shape index (κ3) is 4.60. The van der Waals surface area contributed by atoms with Crippen molar-refractivity contribution < 1.29 is 9.59 Å². The van der Waals surface area contributed by atoms with Crippen molar-refractivity contribution in [2.45, 2.75) is 32.9 Å². The third-order valence-electron chi connectivity index (χ3n) is 5.42. The maximum Gasteiger partial charge on any atom is 0.255 e. The number of hydrogen-bond donors (Lipinski definition) is 1. The predicted molar refractivity (Wildman–Crippen MR) is 111 cm³/mol. The van der Waals surface area contributed by atoms with E-state index in [1.165, 1.54) is 0 Å². The van der Waals surface area contributed by atoms with Crippen LogP contribution in [0.3, 0.4) is 0 Å². The Kier molecular flexibility index (Phi) is 6.82. The maximum atomic E-state index is 13.1. The van der Waals surface area contributed by atoms with Crippen LogP contribution in [0, 0.1) is 0 Å². The maximum absolute atomic E-state index is 13.1. The molecule has 0 radical (unpaired) electrons. The van der Waals surface area contributed by atoms with Gasteiger partial charge in [-0.1, -0.05) is 62.4 Å². The Balaban J connectivity index is 1.74. The van der Waals surface area contributed by atoms with Crippen LogP contribution < -0.4 is 5.32 Å². The molecule has 1 aliphatic heterocycles. The quantitative estimate of drug-likeness (QED) is 0.729. The molecule has 0 saturated carbocycles. The summed E-state index contributed by atoms with van der Waals surface area (Å²) in [5.41, 5.74) is 2.74. The fourth-order valence-electron chi connectivity index (χ4n) is 3.71. The van der Waals surface area contributed by atoms with E-state index in [2.05, 4.69) is 24.1 Å². The highest BCUT2D eigenvalue weighted by atomic mass is 16.2. The van der Waals surface area contributed by atoms with Crippen LogP contribution in [0.2, 0.25) is 0 Å². The van der Waals surface area contributed by atoms with Crippen LogP contribution in [0.4, 0.5) is 0 Å². The van der Waals surface area contributed by atoms with Crippen LogP contribution in [0.1, 0.15) is 35.3 Å². The molecule has 2 aromatic rings. The van der Waals surface area contributed by atoms with E-state index in [-0.39, 0.29) is 11.8 Å². The van der Waals surface area contributed by atoms with Gasteiger partial charge in [0.05, 0.1) is 0 Å². The lowest BCUT2D eigenvalue weighted by atomic mass is 10.0. The van der Waals surface area contributed by atoms with Gasteiger partial charge in [0, 0.05) is 31.6 Å². The lowest BCUT2D eigenvalue weighted by Gasteiger charge is -2.27. The van der Waals surface area contributed by atoms with Gasteiger partial charge in [0.25, 0.3) is 5.91 Å². The molecule has 5 nitrogen and oxygen atoms in total. The van der Waals surface area contributed by atoms with Gasteiger partial charge in [0.2, 0.25) is 5.91 Å². The SMILES string of the molecule is CCN(CC)CCNC(=O)[C@H](Cc1ccccc1)N1Cc2ccccc2C1=O. The Labute approximate surface area is 167 Å². The van der Waals surface area contributed by atoms with Crippen LogP contribution in [0.25, 0.3) is 0 Å². The van der Waals surface area contributed by atoms with Gasteiger partial charge in [-0.3, -0.25) is 9.59 Å². The molecule has 0 aromatic heterocycles. The number of hydrogen-bond acceptors (Lipinski definition) is 3. The first kappa shape index (κ1) is 20.1. The van der Waals surface area contributed by atoms with E-state index in [1.807, 2.05) is 54.6 Å². The van der Waals surface area contributed by atoms with E-state index in [0.29, 0.717) is 25.1 Å². The highest BCUT2D eigenvalue weighted by Crippen LogP contribution is 2.25. The van der Waals surface area contributed by atoms with Gasteiger partial charge in [0.1, 0.15) is 6.04 Å². The molecule has 0 spiro atoms. The molecular formula is C23H29N3O2. The molecule has 1 atom stereocenters. The lowest BCUT2D eigenvalue weighted by molar-refractivity contribution is -0.125. The van der Waals surface area contributed by atoms with Crippen molar-refractivity contribution in [2.75, 3.05) is 26.2 Å². The van der Waals surface area contributed by atoms with Gasteiger partial charge in [-0.15, -0.1) is 0 Å². The smallest absolute Gasteiger partial charge is 0.255 e. The number of carbonyl (C=O) groups excluding carboxylic acids is 2. The summed E-state index contributed by atoms with van der Waals surface area (Å²) in [6, 6.07) is 17.0. The highest BCUT2D eigenvalue weighted by Gasteiger charge is 2.36. The fraction of sp³-hybridized carbons (Fsp3) is 0.391. The first-order valence-electron chi connectivity index (χ1n) is 10.1. The topological polar surface area (TPSA) is 52.7 Å². The Bertz CT molecular complexity index is 803. The molecule has 148 valence electrons. The number of nitrogens with zero attached hydrogens (tertiary/aromatic N) is 2. The average molecular weight is 380 g/mol. The van der Waals surface area contributed by atoms with E-state index in [4.69, 9.17) is 0 Å². The Morgan fingerprint density at radius 1 is 1.07 bits per heavy atom. The molecule has 1 N–H and O–H groups in total. The van der Waals surface area contributed by atoms with Crippen LogP contribution in [0.5, 0.6) is 0 Å². The van der Waals surface area contributed by atoms with Gasteiger partial charge in [-0.2, -0.15) is 0 Å². The molecule has 3 rings (SSSR count). The predicted octanol–water partition coefficient (Wildman–Crippen LogP) is 2.71. The average Bonchev–Trinajstić information content (AvgIpc) is 3.06. The lowest BCUT2D eigenvalue weighted by Crippen LogP contribution is -2.49. The Morgan fingerprint density at radius 2 is 1.75 bits per heavy atom. The van der Waals surface area contributed by atoms with E-state index < -0.39 is 6.04 Å². The van der Waals surface area contributed by atoms with Crippen molar-refractivity contribution in [2.24, 2.45) is 0 Å². The van der Waals surface area contributed by atoms with Gasteiger partial charge >= 0.3 is 0 Å². The largest absolute Gasteiger partial charge is 0.353 e. The summed E-state index contributed by atoms with van der Waals surface area (Å²) in [4.78, 5) is 30.0. The Hall–Kier alpha value is -2.66. The summed E-state index contributed by atoms with van der Waals surface area (Å²) < 4.78 is 0. The molecule has 0 unspecified atom stereocenters. The fourth-order valence-corrected chi connectivity index (χ4v) is 3.71.